The zero-order chi connectivity index (χ0) is 21.5. The standard InChI is InChI=1S/C20H18BrF3N4OS/c1-2-11-5-7-12(8-6-11)25-19(29)17-16(21)18-26-13(14-4-3-9-30-14)10-15(20(22,23)24)28(18)27-17/h3-9,13,15,26H,2,10H2,1H3,(H,25,29)/t13-,15-/m1/s1. The first-order valence-electron chi connectivity index (χ1n) is 9.33. The summed E-state index contributed by atoms with van der Waals surface area (Å²) in [5.41, 5.74) is 1.56. The van der Waals surface area contributed by atoms with Crippen molar-refractivity contribution in [1.82, 2.24) is 9.78 Å². The molecule has 30 heavy (non-hydrogen) atoms. The van der Waals surface area contributed by atoms with Crippen molar-refractivity contribution in [3.63, 3.8) is 0 Å². The van der Waals surface area contributed by atoms with Crippen LogP contribution >= 0.6 is 27.3 Å². The zero-order valence-electron chi connectivity index (χ0n) is 15.8. The van der Waals surface area contributed by atoms with E-state index >= 15 is 0 Å². The number of nitrogens with zero attached hydrogens (tertiary/aromatic N) is 2. The molecule has 1 aliphatic heterocycles. The Kier molecular flexibility index (Phi) is 5.63. The highest BCUT2D eigenvalue weighted by Crippen LogP contribution is 2.46. The van der Waals surface area contributed by atoms with Crippen LogP contribution in [0.25, 0.3) is 0 Å². The number of fused-ring (bicyclic) bond motifs is 1. The topological polar surface area (TPSA) is 59.0 Å². The van der Waals surface area contributed by atoms with Crippen LogP contribution in [0.3, 0.4) is 0 Å². The minimum atomic E-state index is -4.50. The van der Waals surface area contributed by atoms with Gasteiger partial charge in [0.25, 0.3) is 5.91 Å². The molecule has 5 nitrogen and oxygen atoms in total. The maximum atomic E-state index is 13.8. The van der Waals surface area contributed by atoms with Crippen LogP contribution in [0.4, 0.5) is 24.7 Å². The first-order valence-corrected chi connectivity index (χ1v) is 11.0. The predicted octanol–water partition coefficient (Wildman–Crippen LogP) is 6.18. The van der Waals surface area contributed by atoms with Gasteiger partial charge >= 0.3 is 6.18 Å². The molecule has 0 radical (unpaired) electrons. The quantitative estimate of drug-likeness (QED) is 0.451. The average molecular weight is 499 g/mol. The fraction of sp³-hybridized carbons (Fsp3) is 0.300. The molecule has 3 heterocycles. The highest BCUT2D eigenvalue weighted by molar-refractivity contribution is 9.10. The van der Waals surface area contributed by atoms with E-state index in [0.29, 0.717) is 5.69 Å². The molecule has 0 bridgehead atoms. The number of halogens is 4. The lowest BCUT2D eigenvalue weighted by Crippen LogP contribution is -2.35. The lowest BCUT2D eigenvalue weighted by molar-refractivity contribution is -0.173. The van der Waals surface area contributed by atoms with E-state index in [1.807, 2.05) is 24.4 Å². The number of alkyl halides is 3. The maximum absolute atomic E-state index is 13.8. The molecule has 1 aromatic carbocycles. The Bertz CT molecular complexity index is 1050. The minimum absolute atomic E-state index is 0.0989. The van der Waals surface area contributed by atoms with Crippen molar-refractivity contribution in [2.24, 2.45) is 0 Å². The third kappa shape index (κ3) is 3.98. The highest BCUT2D eigenvalue weighted by Gasteiger charge is 2.48. The molecule has 3 aromatic rings. The summed E-state index contributed by atoms with van der Waals surface area (Å²) in [5.74, 6) is -0.433. The lowest BCUT2D eigenvalue weighted by atomic mass is 10.0. The molecule has 158 valence electrons. The van der Waals surface area contributed by atoms with Gasteiger partial charge in [-0.2, -0.15) is 18.3 Å². The Hall–Kier alpha value is -2.33. The molecule has 0 saturated carbocycles. The van der Waals surface area contributed by atoms with Gasteiger partial charge in [0.15, 0.2) is 11.7 Å². The second kappa shape index (κ2) is 8.07. The second-order valence-corrected chi connectivity index (χ2v) is 8.74. The number of amides is 1. The number of hydrogen-bond donors (Lipinski definition) is 2. The van der Waals surface area contributed by atoms with Crippen molar-refractivity contribution in [3.8, 4) is 0 Å². The van der Waals surface area contributed by atoms with Gasteiger partial charge in [0.1, 0.15) is 5.82 Å². The van der Waals surface area contributed by atoms with Gasteiger partial charge in [0.2, 0.25) is 0 Å². The van der Waals surface area contributed by atoms with Crippen LogP contribution < -0.4 is 10.6 Å². The summed E-state index contributed by atoms with van der Waals surface area (Å²) < 4.78 is 42.5. The third-order valence-electron chi connectivity index (χ3n) is 5.02. The molecule has 10 heteroatoms. The molecule has 0 spiro atoms. The lowest BCUT2D eigenvalue weighted by Gasteiger charge is -2.33. The van der Waals surface area contributed by atoms with E-state index in [-0.39, 0.29) is 22.4 Å². The number of benzene rings is 1. The van der Waals surface area contributed by atoms with Crippen molar-refractivity contribution in [1.29, 1.82) is 0 Å². The first-order chi connectivity index (χ1) is 14.3. The summed E-state index contributed by atoms with van der Waals surface area (Å²) in [6.07, 6.45) is -3.84. The minimum Gasteiger partial charge on any atom is -0.362 e. The summed E-state index contributed by atoms with van der Waals surface area (Å²) in [4.78, 5) is 13.5. The van der Waals surface area contributed by atoms with Crippen molar-refractivity contribution in [2.45, 2.75) is 38.0 Å². The molecule has 2 aromatic heterocycles. The molecule has 4 rings (SSSR count). The van der Waals surface area contributed by atoms with Crippen molar-refractivity contribution in [3.05, 3.63) is 62.4 Å². The molecule has 0 fully saturated rings. The number of carbonyl (C=O) groups excluding carboxylic acids is 1. The fourth-order valence-corrected chi connectivity index (χ4v) is 4.77. The number of anilines is 2. The van der Waals surface area contributed by atoms with Crippen molar-refractivity contribution in [2.75, 3.05) is 10.6 Å². The predicted molar refractivity (Wildman–Crippen MR) is 114 cm³/mol. The van der Waals surface area contributed by atoms with Gasteiger partial charge in [-0.05, 0) is 51.5 Å². The zero-order valence-corrected chi connectivity index (χ0v) is 18.2. The molecule has 1 aliphatic rings. The van der Waals surface area contributed by atoms with Crippen LogP contribution in [0.5, 0.6) is 0 Å². The number of aryl methyl sites for hydroxylation is 1. The van der Waals surface area contributed by atoms with E-state index in [4.69, 9.17) is 0 Å². The Labute approximate surface area is 183 Å². The smallest absolute Gasteiger partial charge is 0.362 e. The van der Waals surface area contributed by atoms with Crippen LogP contribution in [0.15, 0.2) is 46.3 Å². The van der Waals surface area contributed by atoms with Gasteiger partial charge in [-0.25, -0.2) is 4.68 Å². The van der Waals surface area contributed by atoms with E-state index in [1.165, 1.54) is 11.3 Å². The second-order valence-electron chi connectivity index (χ2n) is 6.97. The van der Waals surface area contributed by atoms with Gasteiger partial charge in [-0.3, -0.25) is 4.79 Å². The number of aromatic nitrogens is 2. The molecule has 0 unspecified atom stereocenters. The molecular formula is C20H18BrF3N4OS. The molecule has 2 N–H and O–H groups in total. The van der Waals surface area contributed by atoms with Gasteiger partial charge in [-0.1, -0.05) is 25.1 Å². The summed E-state index contributed by atoms with van der Waals surface area (Å²) in [6.45, 7) is 2.02. The maximum Gasteiger partial charge on any atom is 0.410 e. The number of hydrogen-bond acceptors (Lipinski definition) is 4. The summed E-state index contributed by atoms with van der Waals surface area (Å²) in [6, 6.07) is 8.52. The molecule has 0 aliphatic carbocycles. The van der Waals surface area contributed by atoms with E-state index in [0.717, 1.165) is 21.5 Å². The van der Waals surface area contributed by atoms with Gasteiger partial charge in [-0.15, -0.1) is 11.3 Å². The third-order valence-corrected chi connectivity index (χ3v) is 6.75. The van der Waals surface area contributed by atoms with E-state index < -0.39 is 24.2 Å². The highest BCUT2D eigenvalue weighted by atomic mass is 79.9. The van der Waals surface area contributed by atoms with Crippen LogP contribution in [-0.2, 0) is 6.42 Å². The number of thiophene rings is 1. The van der Waals surface area contributed by atoms with Gasteiger partial charge in [0.05, 0.1) is 10.5 Å². The number of rotatable bonds is 4. The van der Waals surface area contributed by atoms with Gasteiger partial charge in [0, 0.05) is 17.0 Å². The van der Waals surface area contributed by atoms with Crippen molar-refractivity contribution < 1.29 is 18.0 Å². The largest absolute Gasteiger partial charge is 0.410 e. The molecule has 1 amide bonds. The summed E-state index contributed by atoms with van der Waals surface area (Å²) >= 11 is 4.67. The normalized spacial score (nSPS) is 18.6. The average Bonchev–Trinajstić information content (AvgIpc) is 3.36. The summed E-state index contributed by atoms with van der Waals surface area (Å²) in [5, 5.41) is 11.7. The Morgan fingerprint density at radius 3 is 2.67 bits per heavy atom. The fourth-order valence-electron chi connectivity index (χ4n) is 3.42. The molecular weight excluding hydrogens is 481 g/mol. The van der Waals surface area contributed by atoms with E-state index in [2.05, 4.69) is 31.7 Å². The summed E-state index contributed by atoms with van der Waals surface area (Å²) in [7, 11) is 0. The van der Waals surface area contributed by atoms with Crippen molar-refractivity contribution >= 4 is 44.7 Å². The van der Waals surface area contributed by atoms with Crippen LogP contribution in [0, 0.1) is 0 Å². The first kappa shape index (κ1) is 20.9. The van der Waals surface area contributed by atoms with Crippen LogP contribution in [-0.4, -0.2) is 21.9 Å². The Morgan fingerprint density at radius 2 is 2.07 bits per heavy atom. The van der Waals surface area contributed by atoms with Gasteiger partial charge < -0.3 is 10.6 Å². The number of carbonyl (C=O) groups is 1. The van der Waals surface area contributed by atoms with Crippen LogP contribution in [0.2, 0.25) is 0 Å². The SMILES string of the molecule is CCc1ccc(NC(=O)c2nn3c(c2Br)N[C@@H](c2cccs2)C[C@@H]3C(F)(F)F)cc1. The molecule has 0 saturated heterocycles. The van der Waals surface area contributed by atoms with E-state index in [9.17, 15) is 18.0 Å². The van der Waals surface area contributed by atoms with Crippen LogP contribution in [0.1, 0.15) is 46.4 Å². The molecule has 2 atom stereocenters. The number of nitrogens with one attached hydrogen (secondary N) is 2. The Morgan fingerprint density at radius 1 is 1.33 bits per heavy atom. The monoisotopic (exact) mass is 498 g/mol. The van der Waals surface area contributed by atoms with E-state index in [1.54, 1.807) is 24.3 Å². The Balaban J connectivity index is 1.66.